The molecule has 156 valence electrons. The minimum Gasteiger partial charge on any atom is -0.478 e. The smallest absolute Gasteiger partial charge is 0.335 e. The minimum absolute atomic E-state index is 0.0537. The Morgan fingerprint density at radius 3 is 2.23 bits per heavy atom. The first-order valence-electron chi connectivity index (χ1n) is 8.83. The van der Waals surface area contributed by atoms with E-state index in [1.165, 1.54) is 61.4 Å². The number of aromatic nitrogens is 2. The third kappa shape index (κ3) is 4.03. The van der Waals surface area contributed by atoms with Crippen LogP contribution in [-0.4, -0.2) is 42.2 Å². The van der Waals surface area contributed by atoms with Crippen molar-refractivity contribution in [3.8, 4) is 0 Å². The van der Waals surface area contributed by atoms with Crippen LogP contribution in [0.3, 0.4) is 0 Å². The molecule has 0 bridgehead atoms. The summed E-state index contributed by atoms with van der Waals surface area (Å²) < 4.78 is 28.4. The number of hydrogen-bond acceptors (Lipinski definition) is 5. The summed E-state index contributed by atoms with van der Waals surface area (Å²) >= 11 is 0. The van der Waals surface area contributed by atoms with Gasteiger partial charge in [0.05, 0.1) is 16.7 Å². The molecule has 1 aromatic heterocycles. The van der Waals surface area contributed by atoms with Crippen LogP contribution >= 0.6 is 0 Å². The molecule has 0 saturated heterocycles. The molecule has 10 heteroatoms. The number of carboxylic acid groups (broad SMARTS) is 1. The number of anilines is 2. The fourth-order valence-electron chi connectivity index (χ4n) is 2.84. The van der Waals surface area contributed by atoms with Crippen LogP contribution in [0.15, 0.2) is 59.6 Å². The number of nitrogens with one attached hydrogen (secondary N) is 1. The van der Waals surface area contributed by atoms with E-state index < -0.39 is 21.9 Å². The zero-order chi connectivity index (χ0) is 22.1. The molecule has 30 heavy (non-hydrogen) atoms. The Kier molecular flexibility index (Phi) is 5.61. The lowest BCUT2D eigenvalue weighted by atomic mass is 10.2. The highest BCUT2D eigenvalue weighted by Gasteiger charge is 2.28. The lowest BCUT2D eigenvalue weighted by Gasteiger charge is -2.21. The van der Waals surface area contributed by atoms with Gasteiger partial charge in [-0.25, -0.2) is 13.2 Å². The van der Waals surface area contributed by atoms with Gasteiger partial charge in [-0.1, -0.05) is 17.7 Å². The van der Waals surface area contributed by atoms with Crippen molar-refractivity contribution in [3.63, 3.8) is 0 Å². The topological polar surface area (TPSA) is 122 Å². The summed E-state index contributed by atoms with van der Waals surface area (Å²) in [5, 5.41) is 15.6. The number of carbonyl (C=O) groups excluding carboxylic acids is 1. The Bertz CT molecular complexity index is 1200. The number of carbonyl (C=O) groups is 2. The van der Waals surface area contributed by atoms with Gasteiger partial charge in [0.15, 0.2) is 5.82 Å². The summed E-state index contributed by atoms with van der Waals surface area (Å²) in [5.74, 6) is -1.56. The largest absolute Gasteiger partial charge is 0.478 e. The summed E-state index contributed by atoms with van der Waals surface area (Å²) in [6.45, 7) is 1.85. The molecule has 0 unspecified atom stereocenters. The van der Waals surface area contributed by atoms with Gasteiger partial charge in [0.25, 0.3) is 15.9 Å². The molecule has 9 nitrogen and oxygen atoms in total. The molecule has 1 heterocycles. The molecule has 0 aliphatic rings. The second-order valence-corrected chi connectivity index (χ2v) is 8.60. The third-order valence-corrected chi connectivity index (χ3v) is 6.28. The number of sulfonamides is 1. The predicted molar refractivity (Wildman–Crippen MR) is 111 cm³/mol. The maximum absolute atomic E-state index is 13.0. The van der Waals surface area contributed by atoms with Gasteiger partial charge in [-0.3, -0.25) is 13.8 Å². The van der Waals surface area contributed by atoms with Crippen molar-refractivity contribution in [2.45, 2.75) is 11.8 Å². The number of hydrogen-bond donors (Lipinski definition) is 2. The highest BCUT2D eigenvalue weighted by molar-refractivity contribution is 7.92. The summed E-state index contributed by atoms with van der Waals surface area (Å²) in [6.07, 6.45) is 1.28. The molecule has 0 radical (unpaired) electrons. The first-order chi connectivity index (χ1) is 14.1. The number of aryl methyl sites for hydroxylation is 2. The average Bonchev–Trinajstić information content (AvgIpc) is 3.09. The molecule has 0 atom stereocenters. The van der Waals surface area contributed by atoms with Crippen LogP contribution in [0.4, 0.5) is 11.5 Å². The van der Waals surface area contributed by atoms with Gasteiger partial charge in [-0.05, 0) is 43.3 Å². The van der Waals surface area contributed by atoms with E-state index in [9.17, 15) is 18.0 Å². The average molecular weight is 428 g/mol. The van der Waals surface area contributed by atoms with Crippen LogP contribution in [0.25, 0.3) is 0 Å². The van der Waals surface area contributed by atoms with Gasteiger partial charge in [0.1, 0.15) is 5.56 Å². The number of rotatable bonds is 6. The normalized spacial score (nSPS) is 11.2. The van der Waals surface area contributed by atoms with E-state index in [-0.39, 0.29) is 21.8 Å². The Hall–Kier alpha value is -3.66. The van der Waals surface area contributed by atoms with Crippen LogP contribution in [0.2, 0.25) is 0 Å². The van der Waals surface area contributed by atoms with Gasteiger partial charge in [0, 0.05) is 19.8 Å². The summed E-state index contributed by atoms with van der Waals surface area (Å²) in [4.78, 5) is 23.8. The molecular formula is C20H20N4O5S. The number of nitrogens with zero attached hydrogens (tertiary/aromatic N) is 3. The predicted octanol–water partition coefficient (Wildman–Crippen LogP) is 2.50. The van der Waals surface area contributed by atoms with E-state index in [0.29, 0.717) is 5.69 Å². The fraction of sp³-hybridized carbons (Fsp3) is 0.150. The molecule has 3 rings (SSSR count). The summed E-state index contributed by atoms with van der Waals surface area (Å²) in [6, 6.07) is 12.0. The molecular weight excluding hydrogens is 408 g/mol. The maximum Gasteiger partial charge on any atom is 0.335 e. The zero-order valence-electron chi connectivity index (χ0n) is 16.5. The van der Waals surface area contributed by atoms with Crippen LogP contribution in [0.1, 0.15) is 26.3 Å². The highest BCUT2D eigenvalue weighted by atomic mass is 32.2. The Labute approximate surface area is 173 Å². The standard InChI is InChI=1S/C20H20N4O5S/c1-13-4-10-16(11-5-13)30(28,29)24(3)19-17(12-21-23(19)2)18(25)22-15-8-6-14(7-9-15)20(26)27/h4-12H,1-3H3,(H,22,25)(H,26,27). The molecule has 3 aromatic rings. The second-order valence-electron chi connectivity index (χ2n) is 6.63. The minimum atomic E-state index is -3.92. The van der Waals surface area contributed by atoms with Crippen molar-refractivity contribution in [1.29, 1.82) is 0 Å². The van der Waals surface area contributed by atoms with E-state index in [4.69, 9.17) is 5.11 Å². The van der Waals surface area contributed by atoms with E-state index in [2.05, 4.69) is 10.4 Å². The lowest BCUT2D eigenvalue weighted by molar-refractivity contribution is 0.0696. The second kappa shape index (κ2) is 7.99. The van der Waals surface area contributed by atoms with Crippen LogP contribution in [-0.2, 0) is 17.1 Å². The third-order valence-electron chi connectivity index (χ3n) is 4.52. The molecule has 1 amide bonds. The van der Waals surface area contributed by atoms with E-state index in [1.54, 1.807) is 12.1 Å². The van der Waals surface area contributed by atoms with E-state index in [1.807, 2.05) is 6.92 Å². The van der Waals surface area contributed by atoms with Crippen molar-refractivity contribution < 1.29 is 23.1 Å². The summed E-state index contributed by atoms with van der Waals surface area (Å²) in [7, 11) is -1.03. The molecule has 2 N–H and O–H groups in total. The van der Waals surface area contributed by atoms with Gasteiger partial charge in [-0.2, -0.15) is 5.10 Å². The fourth-order valence-corrected chi connectivity index (χ4v) is 4.08. The number of aromatic carboxylic acids is 1. The van der Waals surface area contributed by atoms with Crippen molar-refractivity contribution in [2.75, 3.05) is 16.7 Å². The molecule has 0 spiro atoms. The van der Waals surface area contributed by atoms with Crippen molar-refractivity contribution >= 4 is 33.4 Å². The Morgan fingerprint density at radius 1 is 1.07 bits per heavy atom. The molecule has 0 saturated carbocycles. The number of carboxylic acids is 1. The maximum atomic E-state index is 13.0. The van der Waals surface area contributed by atoms with Crippen molar-refractivity contribution in [1.82, 2.24) is 9.78 Å². The molecule has 0 aliphatic heterocycles. The lowest BCUT2D eigenvalue weighted by Crippen LogP contribution is -2.30. The Morgan fingerprint density at radius 2 is 1.67 bits per heavy atom. The SMILES string of the molecule is Cc1ccc(S(=O)(=O)N(C)c2c(C(=O)Nc3ccc(C(=O)O)cc3)cnn2C)cc1. The van der Waals surface area contributed by atoms with Gasteiger partial charge in [-0.15, -0.1) is 0 Å². The number of amides is 1. The molecule has 0 aliphatic carbocycles. The zero-order valence-corrected chi connectivity index (χ0v) is 17.3. The van der Waals surface area contributed by atoms with Gasteiger partial charge < -0.3 is 10.4 Å². The van der Waals surface area contributed by atoms with Crippen LogP contribution in [0.5, 0.6) is 0 Å². The van der Waals surface area contributed by atoms with E-state index >= 15 is 0 Å². The van der Waals surface area contributed by atoms with Gasteiger partial charge >= 0.3 is 5.97 Å². The van der Waals surface area contributed by atoms with Crippen LogP contribution in [0, 0.1) is 6.92 Å². The number of benzene rings is 2. The van der Waals surface area contributed by atoms with Crippen LogP contribution < -0.4 is 9.62 Å². The first-order valence-corrected chi connectivity index (χ1v) is 10.3. The Balaban J connectivity index is 1.91. The van der Waals surface area contributed by atoms with Crippen molar-refractivity contribution in [3.05, 3.63) is 71.4 Å². The van der Waals surface area contributed by atoms with E-state index in [0.717, 1.165) is 9.87 Å². The summed E-state index contributed by atoms with van der Waals surface area (Å²) in [5.41, 5.74) is 1.42. The first kappa shape index (κ1) is 21.1. The van der Waals surface area contributed by atoms with Crippen molar-refractivity contribution in [2.24, 2.45) is 7.05 Å². The quantitative estimate of drug-likeness (QED) is 0.622. The van der Waals surface area contributed by atoms with Gasteiger partial charge in [0.2, 0.25) is 0 Å². The molecule has 0 fully saturated rings. The monoisotopic (exact) mass is 428 g/mol. The molecule has 2 aromatic carbocycles. The highest BCUT2D eigenvalue weighted by Crippen LogP contribution is 2.26.